The van der Waals surface area contributed by atoms with Crippen LogP contribution in [0.25, 0.3) is 0 Å². The number of aromatic amines is 1. The van der Waals surface area contributed by atoms with Gasteiger partial charge in [-0.1, -0.05) is 0 Å². The SMILES string of the molecule is Cc1[nH]ncc1S(=O)(=O)N1CCCC1C1CCNCC1. The van der Waals surface area contributed by atoms with E-state index in [1.165, 1.54) is 6.20 Å². The lowest BCUT2D eigenvalue weighted by Gasteiger charge is -2.33. The Morgan fingerprint density at radius 1 is 1.30 bits per heavy atom. The second-order valence-electron chi connectivity index (χ2n) is 5.77. The Labute approximate surface area is 120 Å². The van der Waals surface area contributed by atoms with Crippen molar-refractivity contribution in [3.05, 3.63) is 11.9 Å². The van der Waals surface area contributed by atoms with E-state index in [1.807, 2.05) is 0 Å². The number of piperidine rings is 1. The summed E-state index contributed by atoms with van der Waals surface area (Å²) in [6.45, 7) is 4.40. The van der Waals surface area contributed by atoms with Crippen molar-refractivity contribution in [2.24, 2.45) is 5.92 Å². The first-order valence-corrected chi connectivity index (χ1v) is 8.77. The van der Waals surface area contributed by atoms with Gasteiger partial charge in [-0.05, 0) is 51.6 Å². The third kappa shape index (κ3) is 2.38. The predicted molar refractivity (Wildman–Crippen MR) is 75.8 cm³/mol. The maximum Gasteiger partial charge on any atom is 0.246 e. The number of nitrogens with zero attached hydrogens (tertiary/aromatic N) is 2. The predicted octanol–water partition coefficient (Wildman–Crippen LogP) is 0.871. The number of rotatable bonds is 3. The molecule has 1 unspecified atom stereocenters. The van der Waals surface area contributed by atoms with Gasteiger partial charge in [-0.15, -0.1) is 0 Å². The molecule has 0 aliphatic carbocycles. The van der Waals surface area contributed by atoms with Crippen molar-refractivity contribution in [2.45, 2.75) is 43.5 Å². The van der Waals surface area contributed by atoms with Gasteiger partial charge in [-0.25, -0.2) is 8.42 Å². The Hall–Kier alpha value is -0.920. The standard InChI is InChI=1S/C13H22N4O2S/c1-10-13(9-15-16-10)20(18,19)17-8-2-3-12(17)11-4-6-14-7-5-11/h9,11-12,14H,2-8H2,1H3,(H,15,16). The van der Waals surface area contributed by atoms with Crippen molar-refractivity contribution in [2.75, 3.05) is 19.6 Å². The number of H-pyrrole nitrogens is 1. The van der Waals surface area contributed by atoms with Gasteiger partial charge in [0.1, 0.15) is 4.90 Å². The lowest BCUT2D eigenvalue weighted by atomic mass is 9.89. The molecular formula is C13H22N4O2S. The van der Waals surface area contributed by atoms with E-state index in [4.69, 9.17) is 0 Å². The second kappa shape index (κ2) is 5.46. The molecule has 6 nitrogen and oxygen atoms in total. The lowest BCUT2D eigenvalue weighted by molar-refractivity contribution is 0.235. The third-order valence-electron chi connectivity index (χ3n) is 4.55. The van der Waals surface area contributed by atoms with Gasteiger partial charge in [-0.3, -0.25) is 5.10 Å². The number of aryl methyl sites for hydroxylation is 1. The van der Waals surface area contributed by atoms with Crippen LogP contribution in [0.4, 0.5) is 0 Å². The largest absolute Gasteiger partial charge is 0.317 e. The van der Waals surface area contributed by atoms with E-state index in [1.54, 1.807) is 11.2 Å². The molecule has 1 aromatic heterocycles. The van der Waals surface area contributed by atoms with Crippen molar-refractivity contribution < 1.29 is 8.42 Å². The van der Waals surface area contributed by atoms with Gasteiger partial charge in [0.2, 0.25) is 10.0 Å². The van der Waals surface area contributed by atoms with Gasteiger partial charge in [0.05, 0.1) is 11.9 Å². The first kappa shape index (κ1) is 14.0. The summed E-state index contributed by atoms with van der Waals surface area (Å²) in [5.74, 6) is 0.487. The fraction of sp³-hybridized carbons (Fsp3) is 0.769. The minimum atomic E-state index is -3.41. The number of hydrogen-bond acceptors (Lipinski definition) is 4. The minimum Gasteiger partial charge on any atom is -0.317 e. The van der Waals surface area contributed by atoms with Crippen LogP contribution in [-0.4, -0.2) is 48.6 Å². The topological polar surface area (TPSA) is 78.1 Å². The number of hydrogen-bond donors (Lipinski definition) is 2. The van der Waals surface area contributed by atoms with Crippen LogP contribution in [0.15, 0.2) is 11.1 Å². The molecule has 1 atom stereocenters. The Morgan fingerprint density at radius 3 is 2.70 bits per heavy atom. The van der Waals surface area contributed by atoms with Gasteiger partial charge in [-0.2, -0.15) is 9.40 Å². The smallest absolute Gasteiger partial charge is 0.246 e. The average Bonchev–Trinajstić information content (AvgIpc) is 3.08. The van der Waals surface area contributed by atoms with Gasteiger partial charge >= 0.3 is 0 Å². The van der Waals surface area contributed by atoms with Crippen molar-refractivity contribution >= 4 is 10.0 Å². The van der Waals surface area contributed by atoms with Gasteiger partial charge in [0, 0.05) is 12.6 Å². The molecule has 2 aliphatic heterocycles. The fourth-order valence-corrected chi connectivity index (χ4v) is 5.37. The molecule has 3 rings (SSSR count). The molecule has 0 amide bonds. The third-order valence-corrected chi connectivity index (χ3v) is 6.58. The molecule has 0 aromatic carbocycles. The molecule has 20 heavy (non-hydrogen) atoms. The number of aromatic nitrogens is 2. The highest BCUT2D eigenvalue weighted by molar-refractivity contribution is 7.89. The second-order valence-corrected chi connectivity index (χ2v) is 7.63. The first-order chi connectivity index (χ1) is 9.60. The summed E-state index contributed by atoms with van der Waals surface area (Å²) in [5.41, 5.74) is 0.626. The average molecular weight is 298 g/mol. The highest BCUT2D eigenvalue weighted by Gasteiger charge is 2.40. The normalized spacial score (nSPS) is 26.1. The van der Waals surface area contributed by atoms with E-state index in [0.29, 0.717) is 23.1 Å². The molecule has 7 heteroatoms. The van der Waals surface area contributed by atoms with E-state index >= 15 is 0 Å². The Kier molecular flexibility index (Phi) is 3.83. The van der Waals surface area contributed by atoms with Crippen LogP contribution in [0.2, 0.25) is 0 Å². The summed E-state index contributed by atoms with van der Waals surface area (Å²) in [6.07, 6.45) is 5.52. The Morgan fingerprint density at radius 2 is 2.05 bits per heavy atom. The Balaban J connectivity index is 1.86. The maximum absolute atomic E-state index is 12.8. The Bertz CT molecular complexity index is 563. The molecular weight excluding hydrogens is 276 g/mol. The first-order valence-electron chi connectivity index (χ1n) is 7.33. The van der Waals surface area contributed by atoms with Crippen molar-refractivity contribution in [1.82, 2.24) is 19.8 Å². The molecule has 2 saturated heterocycles. The van der Waals surface area contributed by atoms with Gasteiger partial charge < -0.3 is 5.32 Å². The zero-order valence-corrected chi connectivity index (χ0v) is 12.6. The molecule has 3 heterocycles. The van der Waals surface area contributed by atoms with Crippen LogP contribution < -0.4 is 5.32 Å². The monoisotopic (exact) mass is 298 g/mol. The zero-order chi connectivity index (χ0) is 14.2. The summed E-state index contributed by atoms with van der Waals surface area (Å²) in [4.78, 5) is 0.332. The van der Waals surface area contributed by atoms with E-state index < -0.39 is 10.0 Å². The summed E-state index contributed by atoms with van der Waals surface area (Å²) in [5, 5.41) is 9.93. The van der Waals surface area contributed by atoms with Gasteiger partial charge in [0.15, 0.2) is 0 Å². The molecule has 0 saturated carbocycles. The molecule has 0 bridgehead atoms. The van der Waals surface area contributed by atoms with Crippen LogP contribution in [-0.2, 0) is 10.0 Å². The molecule has 2 N–H and O–H groups in total. The number of nitrogens with one attached hydrogen (secondary N) is 2. The summed E-state index contributed by atoms with van der Waals surface area (Å²) in [7, 11) is -3.41. The van der Waals surface area contributed by atoms with Crippen LogP contribution >= 0.6 is 0 Å². The molecule has 0 spiro atoms. The number of sulfonamides is 1. The van der Waals surface area contributed by atoms with Crippen LogP contribution in [0.1, 0.15) is 31.4 Å². The molecule has 0 radical (unpaired) electrons. The summed E-state index contributed by atoms with van der Waals surface area (Å²) >= 11 is 0. The quantitative estimate of drug-likeness (QED) is 0.868. The lowest BCUT2D eigenvalue weighted by Crippen LogP contribution is -2.43. The molecule has 112 valence electrons. The summed E-state index contributed by atoms with van der Waals surface area (Å²) in [6, 6.07) is 0.163. The molecule has 2 fully saturated rings. The van der Waals surface area contributed by atoms with Crippen LogP contribution in [0.5, 0.6) is 0 Å². The highest BCUT2D eigenvalue weighted by Crippen LogP contribution is 2.34. The van der Waals surface area contributed by atoms with Gasteiger partial charge in [0.25, 0.3) is 0 Å². The molecule has 2 aliphatic rings. The van der Waals surface area contributed by atoms with Crippen LogP contribution in [0.3, 0.4) is 0 Å². The maximum atomic E-state index is 12.8. The zero-order valence-electron chi connectivity index (χ0n) is 11.8. The van der Waals surface area contributed by atoms with E-state index in [0.717, 1.165) is 38.8 Å². The fourth-order valence-electron chi connectivity index (χ4n) is 3.49. The minimum absolute atomic E-state index is 0.163. The van der Waals surface area contributed by atoms with Crippen LogP contribution in [0, 0.1) is 12.8 Å². The van der Waals surface area contributed by atoms with Crippen molar-refractivity contribution in [3.63, 3.8) is 0 Å². The summed E-state index contributed by atoms with van der Waals surface area (Å²) < 4.78 is 27.4. The van der Waals surface area contributed by atoms with E-state index in [2.05, 4.69) is 15.5 Å². The molecule has 1 aromatic rings. The highest BCUT2D eigenvalue weighted by atomic mass is 32.2. The van der Waals surface area contributed by atoms with Crippen molar-refractivity contribution in [3.8, 4) is 0 Å². The van der Waals surface area contributed by atoms with E-state index in [9.17, 15) is 8.42 Å². The van der Waals surface area contributed by atoms with Crippen molar-refractivity contribution in [1.29, 1.82) is 0 Å². The van der Waals surface area contributed by atoms with E-state index in [-0.39, 0.29) is 6.04 Å².